The number of carbonyl (C=O) groups is 1. The minimum Gasteiger partial charge on any atom is -0.475 e. The van der Waals surface area contributed by atoms with Gasteiger partial charge < -0.3 is 14.3 Å². The van der Waals surface area contributed by atoms with Crippen LogP contribution in [0.1, 0.15) is 49.3 Å². The van der Waals surface area contributed by atoms with Gasteiger partial charge >= 0.3 is 5.97 Å². The lowest BCUT2D eigenvalue weighted by Gasteiger charge is -2.00. The van der Waals surface area contributed by atoms with Crippen molar-refractivity contribution in [3.63, 3.8) is 0 Å². The zero-order chi connectivity index (χ0) is 12.8. The summed E-state index contributed by atoms with van der Waals surface area (Å²) >= 11 is 0. The number of carboxylic acids is 1. The average Bonchev–Trinajstić information content (AvgIpc) is 2.60. The van der Waals surface area contributed by atoms with Crippen LogP contribution >= 0.6 is 0 Å². The first-order chi connectivity index (χ1) is 8.04. The molecule has 5 heteroatoms. The van der Waals surface area contributed by atoms with Gasteiger partial charge in [0.15, 0.2) is 0 Å². The first-order valence-corrected chi connectivity index (χ1v) is 5.84. The van der Waals surface area contributed by atoms with Gasteiger partial charge in [0, 0.05) is 6.61 Å². The van der Waals surface area contributed by atoms with E-state index in [9.17, 15) is 4.79 Å². The highest BCUT2D eigenvalue weighted by Crippen LogP contribution is 2.16. The van der Waals surface area contributed by atoms with Crippen LogP contribution in [0, 0.1) is 5.92 Å². The molecule has 1 aromatic rings. The van der Waals surface area contributed by atoms with Crippen LogP contribution in [0.2, 0.25) is 0 Å². The van der Waals surface area contributed by atoms with Gasteiger partial charge in [-0.2, -0.15) is 0 Å². The second-order valence-corrected chi connectivity index (χ2v) is 4.34. The van der Waals surface area contributed by atoms with Crippen molar-refractivity contribution in [2.45, 2.75) is 40.2 Å². The molecule has 96 valence electrons. The number of rotatable bonds is 7. The minimum absolute atomic E-state index is 0.0613. The summed E-state index contributed by atoms with van der Waals surface area (Å²) in [7, 11) is 0. The number of hydrogen-bond acceptors (Lipinski definition) is 4. The van der Waals surface area contributed by atoms with Crippen molar-refractivity contribution in [3.05, 3.63) is 17.3 Å². The number of ether oxygens (including phenoxy) is 1. The van der Waals surface area contributed by atoms with E-state index in [-0.39, 0.29) is 12.4 Å². The number of nitrogens with zero attached hydrogens (tertiary/aromatic N) is 1. The number of hydrogen-bond donors (Lipinski definition) is 1. The maximum atomic E-state index is 11.0. The highest BCUT2D eigenvalue weighted by atomic mass is 16.5. The molecule has 1 N–H and O–H groups in total. The Morgan fingerprint density at radius 1 is 1.53 bits per heavy atom. The number of aromatic nitrogens is 1. The Kier molecular flexibility index (Phi) is 5.15. The van der Waals surface area contributed by atoms with Crippen molar-refractivity contribution in [2.75, 3.05) is 6.61 Å². The lowest BCUT2D eigenvalue weighted by Crippen LogP contribution is -2.03. The summed E-state index contributed by atoms with van der Waals surface area (Å²) in [5.74, 6) is -0.460. The fourth-order valence-electron chi connectivity index (χ4n) is 1.46. The lowest BCUT2D eigenvalue weighted by atomic mass is 10.1. The van der Waals surface area contributed by atoms with Gasteiger partial charge in [0.2, 0.25) is 11.7 Å². The van der Waals surface area contributed by atoms with Crippen molar-refractivity contribution in [2.24, 2.45) is 5.92 Å². The summed E-state index contributed by atoms with van der Waals surface area (Å²) in [6.07, 6.45) is 1.50. The van der Waals surface area contributed by atoms with Gasteiger partial charge in [-0.25, -0.2) is 9.78 Å². The molecule has 0 atom stereocenters. The number of aromatic carboxylic acids is 1. The largest absolute Gasteiger partial charge is 0.475 e. The smallest absolute Gasteiger partial charge is 0.373 e. The van der Waals surface area contributed by atoms with E-state index in [1.54, 1.807) is 0 Å². The molecule has 17 heavy (non-hydrogen) atoms. The van der Waals surface area contributed by atoms with Crippen LogP contribution in [0.4, 0.5) is 0 Å². The van der Waals surface area contributed by atoms with Gasteiger partial charge in [0.1, 0.15) is 6.61 Å². The molecule has 0 bridgehead atoms. The minimum atomic E-state index is -1.07. The molecule has 0 aliphatic carbocycles. The summed E-state index contributed by atoms with van der Waals surface area (Å²) < 4.78 is 10.5. The summed E-state index contributed by atoms with van der Waals surface area (Å²) in [5, 5.41) is 8.99. The van der Waals surface area contributed by atoms with E-state index in [1.807, 2.05) is 20.8 Å². The van der Waals surface area contributed by atoms with Crippen LogP contribution in [0.25, 0.3) is 0 Å². The van der Waals surface area contributed by atoms with E-state index in [0.29, 0.717) is 30.5 Å². The molecular weight excluding hydrogens is 222 g/mol. The molecule has 0 aliphatic heterocycles. The molecule has 1 heterocycles. The Morgan fingerprint density at radius 2 is 2.24 bits per heavy atom. The molecule has 0 saturated heterocycles. The molecule has 0 amide bonds. The third kappa shape index (κ3) is 4.19. The fourth-order valence-corrected chi connectivity index (χ4v) is 1.46. The van der Waals surface area contributed by atoms with E-state index < -0.39 is 5.97 Å². The topological polar surface area (TPSA) is 72.6 Å². The SMILES string of the molecule is CCCOCc1nc(CC(C)C)c(C(=O)O)o1. The Labute approximate surface area is 101 Å². The molecule has 0 aromatic carbocycles. The second-order valence-electron chi connectivity index (χ2n) is 4.34. The Hall–Kier alpha value is -1.36. The molecule has 0 spiro atoms. The third-order valence-electron chi connectivity index (χ3n) is 2.11. The van der Waals surface area contributed by atoms with Crippen LogP contribution in [-0.2, 0) is 17.8 Å². The number of oxazole rings is 1. The van der Waals surface area contributed by atoms with Gasteiger partial charge in [-0.15, -0.1) is 0 Å². The highest BCUT2D eigenvalue weighted by Gasteiger charge is 2.20. The fraction of sp³-hybridized carbons (Fsp3) is 0.667. The summed E-state index contributed by atoms with van der Waals surface area (Å²) in [6, 6.07) is 0. The average molecular weight is 241 g/mol. The molecule has 1 rings (SSSR count). The van der Waals surface area contributed by atoms with Crippen molar-refractivity contribution < 1.29 is 19.1 Å². The second kappa shape index (κ2) is 6.39. The summed E-state index contributed by atoms with van der Waals surface area (Å²) in [5.41, 5.74) is 0.502. The summed E-state index contributed by atoms with van der Waals surface area (Å²) in [6.45, 7) is 6.86. The molecular formula is C12H19NO4. The van der Waals surface area contributed by atoms with Crippen LogP contribution in [0.3, 0.4) is 0 Å². The quantitative estimate of drug-likeness (QED) is 0.742. The van der Waals surface area contributed by atoms with E-state index >= 15 is 0 Å². The molecule has 0 radical (unpaired) electrons. The zero-order valence-corrected chi connectivity index (χ0v) is 10.5. The van der Waals surface area contributed by atoms with Gasteiger partial charge in [0.05, 0.1) is 5.69 Å². The molecule has 0 fully saturated rings. The van der Waals surface area contributed by atoms with Gasteiger partial charge in [-0.05, 0) is 18.8 Å². The molecule has 0 aliphatic rings. The van der Waals surface area contributed by atoms with E-state index in [1.165, 1.54) is 0 Å². The maximum absolute atomic E-state index is 11.0. The zero-order valence-electron chi connectivity index (χ0n) is 10.5. The molecule has 1 aromatic heterocycles. The molecule has 0 unspecified atom stereocenters. The Balaban J connectivity index is 2.76. The Morgan fingerprint density at radius 3 is 2.76 bits per heavy atom. The maximum Gasteiger partial charge on any atom is 0.373 e. The molecule has 5 nitrogen and oxygen atoms in total. The normalized spacial score (nSPS) is 11.1. The van der Waals surface area contributed by atoms with E-state index in [2.05, 4.69) is 4.98 Å². The Bertz CT molecular complexity index is 371. The van der Waals surface area contributed by atoms with E-state index in [4.69, 9.17) is 14.3 Å². The first-order valence-electron chi connectivity index (χ1n) is 5.84. The van der Waals surface area contributed by atoms with Crippen molar-refractivity contribution in [3.8, 4) is 0 Å². The van der Waals surface area contributed by atoms with Crippen molar-refractivity contribution in [1.82, 2.24) is 4.98 Å². The van der Waals surface area contributed by atoms with Gasteiger partial charge in [-0.1, -0.05) is 20.8 Å². The van der Waals surface area contributed by atoms with Gasteiger partial charge in [-0.3, -0.25) is 0 Å². The lowest BCUT2D eigenvalue weighted by molar-refractivity contribution is 0.0644. The van der Waals surface area contributed by atoms with Crippen molar-refractivity contribution in [1.29, 1.82) is 0 Å². The predicted molar refractivity (Wildman–Crippen MR) is 62.0 cm³/mol. The van der Waals surface area contributed by atoms with Gasteiger partial charge in [0.25, 0.3) is 0 Å². The standard InChI is InChI=1S/C12H19NO4/c1-4-5-16-7-10-13-9(6-8(2)3)11(17-10)12(14)15/h8H,4-7H2,1-3H3,(H,14,15). The highest BCUT2D eigenvalue weighted by molar-refractivity contribution is 5.85. The van der Waals surface area contributed by atoms with Crippen LogP contribution in [-0.4, -0.2) is 22.7 Å². The third-order valence-corrected chi connectivity index (χ3v) is 2.11. The van der Waals surface area contributed by atoms with E-state index in [0.717, 1.165) is 6.42 Å². The van der Waals surface area contributed by atoms with Crippen LogP contribution in [0.5, 0.6) is 0 Å². The number of carboxylic acid groups (broad SMARTS) is 1. The monoisotopic (exact) mass is 241 g/mol. The first kappa shape index (κ1) is 13.7. The van der Waals surface area contributed by atoms with Crippen molar-refractivity contribution >= 4 is 5.97 Å². The van der Waals surface area contributed by atoms with Crippen LogP contribution in [0.15, 0.2) is 4.42 Å². The summed E-state index contributed by atoms with van der Waals surface area (Å²) in [4.78, 5) is 15.1. The predicted octanol–water partition coefficient (Wildman–Crippen LogP) is 2.50. The molecule has 0 saturated carbocycles. The van der Waals surface area contributed by atoms with Crippen LogP contribution < -0.4 is 0 Å².